The Balaban J connectivity index is 1.24. The molecule has 7 aromatic rings. The summed E-state index contributed by atoms with van der Waals surface area (Å²) in [6.45, 7) is 4.65. The van der Waals surface area contributed by atoms with Crippen LogP contribution in [0, 0.1) is 5.92 Å². The molecule has 0 aliphatic carbocycles. The molecule has 0 unspecified atom stereocenters. The summed E-state index contributed by atoms with van der Waals surface area (Å²) in [4.78, 5) is 137. The number of carbonyl (C=O) groups is 8. The maximum Gasteiger partial charge on any atom is 0.243 e. The van der Waals surface area contributed by atoms with E-state index < -0.39 is 95.6 Å². The summed E-state index contributed by atoms with van der Waals surface area (Å²) < 4.78 is 0. The highest BCUT2D eigenvalue weighted by Crippen LogP contribution is 2.24. The zero-order valence-electron chi connectivity index (χ0n) is 49.5. The number of fused-ring (bicyclic) bond motifs is 3. The third-order valence-electron chi connectivity index (χ3n) is 15.9. The lowest BCUT2D eigenvalue weighted by Crippen LogP contribution is -2.62. The van der Waals surface area contributed by atoms with Gasteiger partial charge in [-0.2, -0.15) is 0 Å². The average molecular weight is 1190 g/mol. The number of nitrogens with two attached hydrogens (primary N) is 3. The quantitative estimate of drug-likeness (QED) is 0.0436. The first kappa shape index (κ1) is 64.1. The molecular formula is C63H84N16O8. The van der Waals surface area contributed by atoms with Gasteiger partial charge in [0.15, 0.2) is 0 Å². The van der Waals surface area contributed by atoms with Crippen molar-refractivity contribution in [1.29, 1.82) is 0 Å². The minimum atomic E-state index is -1.40. The third-order valence-corrected chi connectivity index (χ3v) is 15.9. The molecule has 8 atom stereocenters. The molecular weight excluding hydrogens is 1110 g/mol. The van der Waals surface area contributed by atoms with E-state index in [-0.39, 0.29) is 57.3 Å². The van der Waals surface area contributed by atoms with Gasteiger partial charge >= 0.3 is 0 Å². The average Bonchev–Trinajstić information content (AvgIpc) is 4.02. The van der Waals surface area contributed by atoms with Gasteiger partial charge in [-0.3, -0.25) is 38.4 Å². The number of unbranched alkanes of at least 4 members (excludes halogenated alkanes) is 3. The van der Waals surface area contributed by atoms with Crippen LogP contribution in [0.4, 0.5) is 0 Å². The van der Waals surface area contributed by atoms with E-state index in [0.717, 1.165) is 32.7 Å². The highest BCUT2D eigenvalue weighted by molar-refractivity contribution is 6.00. The van der Waals surface area contributed by atoms with Crippen LogP contribution in [-0.4, -0.2) is 140 Å². The van der Waals surface area contributed by atoms with Gasteiger partial charge in [0.1, 0.15) is 48.3 Å². The molecule has 4 aromatic heterocycles. The Morgan fingerprint density at radius 3 is 1.00 bits per heavy atom. The van der Waals surface area contributed by atoms with Gasteiger partial charge in [-0.05, 0) is 125 Å². The first-order chi connectivity index (χ1) is 42.1. The summed E-state index contributed by atoms with van der Waals surface area (Å²) >= 11 is 0. The number of benzene rings is 3. The van der Waals surface area contributed by atoms with Gasteiger partial charge in [0.2, 0.25) is 47.3 Å². The molecule has 87 heavy (non-hydrogen) atoms. The maximum atomic E-state index is 15.5. The molecule has 24 heteroatoms. The Kier molecular flexibility index (Phi) is 23.2. The SMILES string of the molecule is CC(C)C[C@@H]1NC(=O)[C@H](CCCCN)NC(=O)[C@H](CCCCN)NC(=O)[C@H](CCCCN)NC(=O)[C@H](Cc2cnc[nH]2)NC(=O)[C@H](Cc2c[nH]c3ccccc23)NC(=O)[C@H](Cc2c[nH]c3ccccc23)NC(=O)[C@H](Cc2c[nH]c3ccccc23)NC1=O. The second-order valence-corrected chi connectivity index (χ2v) is 22.9. The zero-order chi connectivity index (χ0) is 61.8. The molecule has 1 saturated heterocycles. The second kappa shape index (κ2) is 31.5. The van der Waals surface area contributed by atoms with E-state index in [1.165, 1.54) is 12.5 Å². The van der Waals surface area contributed by atoms with Crippen molar-refractivity contribution in [3.05, 3.63) is 126 Å². The third kappa shape index (κ3) is 17.6. The minimum absolute atomic E-state index is 0.0698. The molecule has 0 saturated carbocycles. The van der Waals surface area contributed by atoms with Crippen molar-refractivity contribution in [2.24, 2.45) is 23.1 Å². The van der Waals surface area contributed by atoms with Gasteiger partial charge in [0.25, 0.3) is 0 Å². The van der Waals surface area contributed by atoms with E-state index in [1.807, 2.05) is 86.6 Å². The van der Waals surface area contributed by atoms with Crippen LogP contribution in [0.25, 0.3) is 32.7 Å². The van der Waals surface area contributed by atoms with Crippen LogP contribution in [0.1, 0.15) is 100 Å². The number of carbonyl (C=O) groups excluding carboxylic acids is 8. The Hall–Kier alpha value is -8.87. The van der Waals surface area contributed by atoms with Crippen molar-refractivity contribution >= 4 is 80.0 Å². The van der Waals surface area contributed by atoms with Crippen molar-refractivity contribution in [3.8, 4) is 0 Å². The summed E-state index contributed by atoms with van der Waals surface area (Å²) in [5.74, 6) is -6.00. The number of rotatable bonds is 22. The van der Waals surface area contributed by atoms with Crippen molar-refractivity contribution in [2.75, 3.05) is 19.6 Å². The number of aromatic amines is 4. The number of imidazole rings is 1. The number of amides is 8. The number of hydrogen-bond donors (Lipinski definition) is 15. The predicted octanol–water partition coefficient (Wildman–Crippen LogP) is 2.45. The van der Waals surface area contributed by atoms with Gasteiger partial charge in [0.05, 0.1) is 6.33 Å². The zero-order valence-corrected chi connectivity index (χ0v) is 49.5. The number of nitrogens with zero attached hydrogens (tertiary/aromatic N) is 1. The monoisotopic (exact) mass is 1190 g/mol. The lowest BCUT2D eigenvalue weighted by atomic mass is 9.98. The molecule has 24 nitrogen and oxygen atoms in total. The first-order valence-electron chi connectivity index (χ1n) is 30.3. The molecule has 1 aliphatic rings. The second-order valence-electron chi connectivity index (χ2n) is 22.9. The Morgan fingerprint density at radius 1 is 0.379 bits per heavy atom. The minimum Gasteiger partial charge on any atom is -0.361 e. The lowest BCUT2D eigenvalue weighted by molar-refractivity contribution is -0.137. The topological polar surface area (TPSA) is 387 Å². The smallest absolute Gasteiger partial charge is 0.243 e. The number of para-hydroxylation sites is 3. The molecule has 1 fully saturated rings. The number of nitrogens with one attached hydrogen (secondary N) is 12. The van der Waals surface area contributed by atoms with Crippen LogP contribution >= 0.6 is 0 Å². The molecule has 0 spiro atoms. The molecule has 0 bridgehead atoms. The van der Waals surface area contributed by atoms with Crippen molar-refractivity contribution in [3.63, 3.8) is 0 Å². The molecule has 18 N–H and O–H groups in total. The van der Waals surface area contributed by atoms with Crippen LogP contribution < -0.4 is 59.7 Å². The van der Waals surface area contributed by atoms with E-state index in [1.54, 1.807) is 18.6 Å². The molecule has 5 heterocycles. The summed E-state index contributed by atoms with van der Waals surface area (Å²) in [7, 11) is 0. The Bertz CT molecular complexity index is 3440. The van der Waals surface area contributed by atoms with Crippen molar-refractivity contribution in [1.82, 2.24) is 67.5 Å². The Morgan fingerprint density at radius 2 is 0.678 bits per heavy atom. The van der Waals surface area contributed by atoms with Crippen LogP contribution in [0.15, 0.2) is 104 Å². The normalized spacial score (nSPS) is 21.8. The van der Waals surface area contributed by atoms with Gasteiger partial charge < -0.3 is 79.7 Å². The fraction of sp³-hybridized carbons (Fsp3) is 0.444. The molecule has 0 radical (unpaired) electrons. The van der Waals surface area contributed by atoms with E-state index in [2.05, 4.69) is 67.5 Å². The number of aromatic nitrogens is 5. The summed E-state index contributed by atoms with van der Waals surface area (Å²) in [5, 5.41) is 25.6. The van der Waals surface area contributed by atoms with E-state index >= 15 is 19.2 Å². The van der Waals surface area contributed by atoms with E-state index in [4.69, 9.17) is 17.2 Å². The Labute approximate surface area is 505 Å². The van der Waals surface area contributed by atoms with Crippen LogP contribution in [0.5, 0.6) is 0 Å². The standard InChI is InChI=1S/C63H84N16O8/c1-37(2)27-51-59(83)76-52(28-38-32-68-45-18-6-3-15-42(38)45)60(84)77-53(29-39-33-69-46-19-7-4-16-43(39)46)61(85)78-54(30-40-34-70-47-20-8-5-17-44(40)47)62(86)79-55(31-41-35-67-36-71-41)63(87)74-49(22-10-13-25-65)57(81)72-48(21-9-12-24-64)56(80)73-50(58(82)75-51)23-11-14-26-66/h3-8,15-20,32-37,48-55,68-70H,9-14,21-31,64-66H2,1-2H3,(H,67,71)(H,72,81)(H,73,80)(H,74,87)(H,75,82)(H,76,83)(H,77,84)(H,78,85)(H,79,86)/t48-,49-,50-,51-,52-,53-,54-,55-/m0/s1. The van der Waals surface area contributed by atoms with Gasteiger partial charge in [-0.25, -0.2) is 4.98 Å². The van der Waals surface area contributed by atoms with Crippen LogP contribution in [-0.2, 0) is 64.0 Å². The van der Waals surface area contributed by atoms with E-state index in [9.17, 15) is 19.2 Å². The summed E-state index contributed by atoms with van der Waals surface area (Å²) in [6, 6.07) is 11.9. The van der Waals surface area contributed by atoms with Crippen molar-refractivity contribution < 1.29 is 38.4 Å². The molecule has 8 rings (SSSR count). The highest BCUT2D eigenvalue weighted by atomic mass is 16.2. The number of H-pyrrole nitrogens is 4. The van der Waals surface area contributed by atoms with Crippen LogP contribution in [0.2, 0.25) is 0 Å². The molecule has 8 amide bonds. The fourth-order valence-electron chi connectivity index (χ4n) is 11.2. The lowest BCUT2D eigenvalue weighted by Gasteiger charge is -2.29. The maximum absolute atomic E-state index is 15.5. The van der Waals surface area contributed by atoms with Gasteiger partial charge in [-0.15, -0.1) is 0 Å². The van der Waals surface area contributed by atoms with Crippen molar-refractivity contribution in [2.45, 2.75) is 152 Å². The summed E-state index contributed by atoms with van der Waals surface area (Å²) in [5.41, 5.74) is 22.5. The summed E-state index contributed by atoms with van der Waals surface area (Å²) in [6.07, 6.45) is 10.9. The molecule has 464 valence electrons. The predicted molar refractivity (Wildman–Crippen MR) is 332 cm³/mol. The molecule has 1 aliphatic heterocycles. The molecule has 3 aromatic carbocycles. The fourth-order valence-corrected chi connectivity index (χ4v) is 11.2. The first-order valence-corrected chi connectivity index (χ1v) is 30.3. The van der Waals surface area contributed by atoms with Gasteiger partial charge in [-0.1, -0.05) is 68.4 Å². The van der Waals surface area contributed by atoms with Crippen LogP contribution in [0.3, 0.4) is 0 Å². The van der Waals surface area contributed by atoms with E-state index in [0.29, 0.717) is 80.5 Å². The number of hydrogen-bond acceptors (Lipinski definition) is 12. The van der Waals surface area contributed by atoms with Gasteiger partial charge in [0, 0.05) is 88.9 Å². The highest BCUT2D eigenvalue weighted by Gasteiger charge is 2.37. The largest absolute Gasteiger partial charge is 0.361 e.